The first kappa shape index (κ1) is 22.8. The molecule has 2 nitrogen and oxygen atoms in total. The first-order valence-corrected chi connectivity index (χ1v) is 15.2. The van der Waals surface area contributed by atoms with Crippen LogP contribution in [0, 0.1) is 11.3 Å². The van der Waals surface area contributed by atoms with Gasteiger partial charge < -0.3 is 4.57 Å². The molecular formula is C37H20N2S2. The lowest BCUT2D eigenvalue weighted by atomic mass is 9.96. The molecule has 0 aliphatic heterocycles. The molecule has 3 aromatic heterocycles. The van der Waals surface area contributed by atoms with Gasteiger partial charge in [-0.25, -0.2) is 0 Å². The number of aromatic nitrogens is 1. The van der Waals surface area contributed by atoms with E-state index in [1.54, 1.807) is 11.3 Å². The van der Waals surface area contributed by atoms with Gasteiger partial charge in [-0.15, -0.1) is 22.7 Å². The highest BCUT2D eigenvalue weighted by Crippen LogP contribution is 2.45. The van der Waals surface area contributed by atoms with Crippen molar-refractivity contribution >= 4 is 84.8 Å². The molecule has 41 heavy (non-hydrogen) atoms. The molecule has 0 amide bonds. The maximum absolute atomic E-state index is 10.4. The van der Waals surface area contributed by atoms with Gasteiger partial charge in [-0.1, -0.05) is 78.9 Å². The molecule has 0 atom stereocenters. The largest absolute Gasteiger partial charge is 0.308 e. The summed E-state index contributed by atoms with van der Waals surface area (Å²) < 4.78 is 7.18. The maximum atomic E-state index is 10.4. The van der Waals surface area contributed by atoms with Gasteiger partial charge in [0.2, 0.25) is 0 Å². The number of benzene rings is 6. The zero-order valence-corrected chi connectivity index (χ0v) is 23.4. The summed E-state index contributed by atoms with van der Waals surface area (Å²) in [5.41, 5.74) is 6.52. The first-order chi connectivity index (χ1) is 20.3. The molecule has 0 aliphatic carbocycles. The van der Waals surface area contributed by atoms with Crippen LogP contribution in [0.4, 0.5) is 0 Å². The van der Waals surface area contributed by atoms with Gasteiger partial charge in [-0.2, -0.15) is 5.26 Å². The zero-order valence-electron chi connectivity index (χ0n) is 21.8. The summed E-state index contributed by atoms with van der Waals surface area (Å²) in [6, 6.07) is 45.9. The summed E-state index contributed by atoms with van der Waals surface area (Å²) in [5, 5.41) is 17.7. The summed E-state index contributed by atoms with van der Waals surface area (Å²) in [6.45, 7) is 0. The lowest BCUT2D eigenvalue weighted by Crippen LogP contribution is -1.93. The minimum atomic E-state index is 0.725. The smallest absolute Gasteiger partial charge is 0.101 e. The highest BCUT2D eigenvalue weighted by Gasteiger charge is 2.19. The molecule has 0 saturated carbocycles. The SMILES string of the molecule is N#Cc1cc(-c2cccc3sc4ccccc4c23)cc2c1sc1c(-n3c4ccccc4c4ccccc43)cccc12. The Kier molecular flexibility index (Phi) is 4.74. The average molecular weight is 557 g/mol. The van der Waals surface area contributed by atoms with Crippen molar-refractivity contribution in [2.45, 2.75) is 0 Å². The number of thiophene rings is 2. The Hall–Kier alpha value is -4.95. The van der Waals surface area contributed by atoms with E-state index >= 15 is 0 Å². The van der Waals surface area contributed by atoms with E-state index < -0.39 is 0 Å². The van der Waals surface area contributed by atoms with Crippen molar-refractivity contribution in [3.63, 3.8) is 0 Å². The van der Waals surface area contributed by atoms with E-state index in [0.29, 0.717) is 0 Å². The molecule has 0 bridgehead atoms. The second-order valence-corrected chi connectivity index (χ2v) is 12.5. The monoisotopic (exact) mass is 556 g/mol. The molecule has 0 aliphatic rings. The minimum absolute atomic E-state index is 0.725. The predicted octanol–water partition coefficient (Wildman–Crippen LogP) is 11.1. The van der Waals surface area contributed by atoms with E-state index in [4.69, 9.17) is 0 Å². The fraction of sp³-hybridized carbons (Fsp3) is 0. The number of hydrogen-bond donors (Lipinski definition) is 0. The number of nitrogens with zero attached hydrogens (tertiary/aromatic N) is 2. The van der Waals surface area contributed by atoms with Gasteiger partial charge in [-0.3, -0.25) is 0 Å². The van der Waals surface area contributed by atoms with Crippen molar-refractivity contribution in [1.29, 1.82) is 5.26 Å². The maximum Gasteiger partial charge on any atom is 0.101 e. The predicted molar refractivity (Wildman–Crippen MR) is 177 cm³/mol. The second kappa shape index (κ2) is 8.52. The molecule has 9 rings (SSSR count). The van der Waals surface area contributed by atoms with Crippen LogP contribution in [-0.4, -0.2) is 4.57 Å². The van der Waals surface area contributed by atoms with Gasteiger partial charge in [0.1, 0.15) is 6.07 Å². The third-order valence-corrected chi connectivity index (χ3v) is 10.6. The summed E-state index contributed by atoms with van der Waals surface area (Å²) in [4.78, 5) is 0. The molecule has 3 heterocycles. The quantitative estimate of drug-likeness (QED) is 0.208. The number of para-hydroxylation sites is 2. The Bertz CT molecular complexity index is 2500. The van der Waals surface area contributed by atoms with Gasteiger partial charge in [0.25, 0.3) is 0 Å². The highest BCUT2D eigenvalue weighted by atomic mass is 32.1. The molecule has 0 fully saturated rings. The molecule has 0 spiro atoms. The van der Waals surface area contributed by atoms with Crippen molar-refractivity contribution < 1.29 is 0 Å². The Morgan fingerprint density at radius 2 is 1.20 bits per heavy atom. The van der Waals surface area contributed by atoms with Crippen molar-refractivity contribution in [2.24, 2.45) is 0 Å². The first-order valence-electron chi connectivity index (χ1n) is 13.6. The third-order valence-electron chi connectivity index (χ3n) is 8.23. The van der Waals surface area contributed by atoms with Crippen molar-refractivity contribution in [3.8, 4) is 22.9 Å². The van der Waals surface area contributed by atoms with E-state index in [1.165, 1.54) is 57.6 Å². The topological polar surface area (TPSA) is 28.7 Å². The third kappa shape index (κ3) is 3.16. The van der Waals surface area contributed by atoms with Crippen LogP contribution in [0.3, 0.4) is 0 Å². The molecule has 0 saturated heterocycles. The molecule has 0 N–H and O–H groups in total. The summed E-state index contributed by atoms with van der Waals surface area (Å²) in [7, 11) is 0. The minimum Gasteiger partial charge on any atom is -0.308 e. The Balaban J connectivity index is 1.37. The number of hydrogen-bond acceptors (Lipinski definition) is 3. The summed E-state index contributed by atoms with van der Waals surface area (Å²) in [5.74, 6) is 0. The summed E-state index contributed by atoms with van der Waals surface area (Å²) >= 11 is 3.55. The van der Waals surface area contributed by atoms with Crippen LogP contribution < -0.4 is 0 Å². The van der Waals surface area contributed by atoms with E-state index in [1.807, 2.05) is 11.3 Å². The van der Waals surface area contributed by atoms with Crippen molar-refractivity contribution in [2.75, 3.05) is 0 Å². The normalized spacial score (nSPS) is 11.9. The van der Waals surface area contributed by atoms with Gasteiger partial charge in [-0.05, 0) is 53.6 Å². The fourth-order valence-electron chi connectivity index (χ4n) is 6.50. The van der Waals surface area contributed by atoms with Crippen LogP contribution in [0.25, 0.3) is 79.0 Å². The number of rotatable bonds is 2. The van der Waals surface area contributed by atoms with E-state index in [0.717, 1.165) is 26.9 Å². The lowest BCUT2D eigenvalue weighted by Gasteiger charge is -2.09. The van der Waals surface area contributed by atoms with Gasteiger partial charge in [0.05, 0.1) is 31.7 Å². The Morgan fingerprint density at radius 3 is 1.98 bits per heavy atom. The zero-order chi connectivity index (χ0) is 27.1. The van der Waals surface area contributed by atoms with Crippen LogP contribution in [0.5, 0.6) is 0 Å². The molecule has 0 radical (unpaired) electrons. The van der Waals surface area contributed by atoms with Crippen molar-refractivity contribution in [1.82, 2.24) is 4.57 Å². The molecule has 4 heteroatoms. The van der Waals surface area contributed by atoms with Crippen molar-refractivity contribution in [3.05, 3.63) is 127 Å². The van der Waals surface area contributed by atoms with E-state index in [2.05, 4.69) is 132 Å². The van der Waals surface area contributed by atoms with E-state index in [9.17, 15) is 5.26 Å². The van der Waals surface area contributed by atoms with Gasteiger partial charge in [0.15, 0.2) is 0 Å². The lowest BCUT2D eigenvalue weighted by molar-refractivity contribution is 1.20. The molecule has 0 unspecified atom stereocenters. The molecule has 190 valence electrons. The highest BCUT2D eigenvalue weighted by molar-refractivity contribution is 7.26. The van der Waals surface area contributed by atoms with Crippen LogP contribution >= 0.6 is 22.7 Å². The number of nitriles is 1. The Morgan fingerprint density at radius 1 is 0.537 bits per heavy atom. The standard InChI is InChI=1S/C37H20N2S2/c38-21-23-19-22(24-12-8-18-34-35(24)28-11-3-6-17-33(28)40-34)20-29-27-13-7-16-32(37(27)41-36(23)29)39-30-14-4-1-9-25(30)26-10-2-5-15-31(26)39/h1-20H. The molecule has 6 aromatic carbocycles. The van der Waals surface area contributed by atoms with Crippen LogP contribution in [-0.2, 0) is 0 Å². The summed E-state index contributed by atoms with van der Waals surface area (Å²) in [6.07, 6.45) is 0. The molecule has 9 aromatic rings. The van der Waals surface area contributed by atoms with Crippen LogP contribution in [0.1, 0.15) is 5.56 Å². The van der Waals surface area contributed by atoms with Crippen LogP contribution in [0.15, 0.2) is 121 Å². The van der Waals surface area contributed by atoms with Crippen LogP contribution in [0.2, 0.25) is 0 Å². The second-order valence-electron chi connectivity index (χ2n) is 10.4. The fourth-order valence-corrected chi connectivity index (χ4v) is 8.88. The van der Waals surface area contributed by atoms with Gasteiger partial charge >= 0.3 is 0 Å². The van der Waals surface area contributed by atoms with E-state index in [-0.39, 0.29) is 0 Å². The Labute approximate surface area is 243 Å². The van der Waals surface area contributed by atoms with Gasteiger partial charge in [0, 0.05) is 41.7 Å². The average Bonchev–Trinajstić information content (AvgIpc) is 3.70. The molecular weight excluding hydrogens is 537 g/mol. The number of fused-ring (bicyclic) bond motifs is 9.